The Morgan fingerprint density at radius 1 is 0.628 bits per heavy atom. The number of carboxylic acid groups (broad SMARTS) is 1. The molecule has 1 aliphatic heterocycles. The molecule has 2 heterocycles. The molecule has 5 aromatic rings. The van der Waals surface area contributed by atoms with Gasteiger partial charge in [0.15, 0.2) is 0 Å². The summed E-state index contributed by atoms with van der Waals surface area (Å²) in [6.45, 7) is 2.67. The standard InChI is InChI=1S/C74H98N18O20S/c1-38(93)62-72(110)88-54(33-44-35-80-47-13-8-7-12-46(44)47)69(107)84-48(20-23-57(76)95)64(102)89-56(37-113-29-26-51(82-39(2)94)66(104)83-49(67(105)91-62)21-24-58(77)96)70(108)85-52(31-40-15-18-45(112-4)19-16-40)68(106)86-53(32-41-14-17-42-10-5-6-11-43(42)30-41)71(109)92-74(3,27-9-28-75)73(111)90-50(22-25-61(99)100)65(103)87-55(34-59(78)97)63(101)81-36-60(79)98/h5-8,10-19,30,35,38,48-56,62,80,93H,9,20-29,31-34,36-37,75H2,1-4H3,(H2,76,95)(H2,77,96)(H2,78,97)(H2,79,98)(H,81,101)(H,82,94)(H,83,104)(H,84,107)(H,85,108)(H,86,106)(H,87,103)(H,88,110)(H,89,102)(H,90,111)(H,91,105)(H,92,109)(H,99,100)/t38-,48+,49+,50+,51+,52+,53+,54+,55+,56+,62+,74+/m1/s1. The second-order valence-corrected chi connectivity index (χ2v) is 28.5. The van der Waals surface area contributed by atoms with Crippen molar-refractivity contribution in [2.75, 3.05) is 31.7 Å². The second-order valence-electron chi connectivity index (χ2n) is 27.3. The number of carbonyl (C=O) groups is 17. The average Bonchev–Trinajstić information content (AvgIpc) is 1.80. The molecule has 0 bridgehead atoms. The number of aromatic nitrogens is 1. The van der Waals surface area contributed by atoms with E-state index in [2.05, 4.69) is 68.8 Å². The Balaban J connectivity index is 1.44. The molecule has 6 rings (SSSR count). The molecule has 38 nitrogen and oxygen atoms in total. The highest BCUT2D eigenvalue weighted by Crippen LogP contribution is 2.23. The van der Waals surface area contributed by atoms with Gasteiger partial charge in [-0.15, -0.1) is 0 Å². The minimum absolute atomic E-state index is 0.00394. The first-order valence-corrected chi connectivity index (χ1v) is 37.3. The van der Waals surface area contributed by atoms with Gasteiger partial charge in [0, 0.05) is 68.3 Å². The molecule has 1 aromatic heterocycles. The van der Waals surface area contributed by atoms with E-state index in [1.807, 2.05) is 6.07 Å². The second kappa shape index (κ2) is 43.4. The molecule has 1 fully saturated rings. The summed E-state index contributed by atoms with van der Waals surface area (Å²) < 4.78 is 5.39. The lowest BCUT2D eigenvalue weighted by Crippen LogP contribution is -2.64. The SMILES string of the molecule is COc1ccc(C[C@H](NC(=O)[C@@H]2CSCC[C@H](NC(C)=O)C(=O)N[C@@H](CCC(N)=O)C(=O)N[C@@H]([C@@H](C)O)C(=O)N[C@@H](Cc3c[nH]c4ccccc34)C(=O)N[C@@H](CCC(N)=O)C(=O)N2)C(=O)N[C@@H](Cc2ccc3ccccc3c2)C(=O)N[C@@](C)(CCCN)C(=O)N[C@@H](CCC(=O)O)C(=O)N[C@@H](CC(N)=O)C(=O)NCC(N)=O)cc1. The lowest BCUT2D eigenvalue weighted by atomic mass is 9.92. The molecule has 0 unspecified atom stereocenters. The zero-order valence-electron chi connectivity index (χ0n) is 62.6. The van der Waals surface area contributed by atoms with Crippen molar-refractivity contribution in [1.29, 1.82) is 0 Å². The number of H-pyrrole nitrogens is 1. The molecule has 16 amide bonds. The normalized spacial score (nSPS) is 19.1. The maximum atomic E-state index is 15.6. The molecule has 4 aromatic carbocycles. The zero-order valence-corrected chi connectivity index (χ0v) is 63.5. The first-order valence-electron chi connectivity index (χ1n) is 36.1. The summed E-state index contributed by atoms with van der Waals surface area (Å²) in [5, 5.41) is 52.9. The fourth-order valence-corrected chi connectivity index (χ4v) is 13.2. The highest BCUT2D eigenvalue weighted by atomic mass is 32.2. The van der Waals surface area contributed by atoms with Crippen molar-refractivity contribution in [3.05, 3.63) is 114 Å². The zero-order chi connectivity index (χ0) is 83.2. The first kappa shape index (κ1) is 89.6. The van der Waals surface area contributed by atoms with Gasteiger partial charge >= 0.3 is 5.97 Å². The Labute approximate surface area is 652 Å². The molecule has 39 heteroatoms. The Morgan fingerprint density at radius 2 is 1.21 bits per heavy atom. The van der Waals surface area contributed by atoms with Crippen LogP contribution in [0.3, 0.4) is 0 Å². The van der Waals surface area contributed by atoms with Gasteiger partial charge in [0.05, 0.1) is 26.2 Å². The number of aliphatic hydroxyl groups is 1. The summed E-state index contributed by atoms with van der Waals surface area (Å²) in [7, 11) is 1.40. The molecule has 12 atom stereocenters. The lowest BCUT2D eigenvalue weighted by molar-refractivity contribution is -0.140. The molecule has 0 aliphatic carbocycles. The van der Waals surface area contributed by atoms with Crippen LogP contribution in [0.25, 0.3) is 21.7 Å². The predicted octanol–water partition coefficient (Wildman–Crippen LogP) is -4.77. The van der Waals surface area contributed by atoms with Crippen molar-refractivity contribution in [3.8, 4) is 5.75 Å². The monoisotopic (exact) mass is 1590 g/mol. The number of amides is 16. The molecule has 0 radical (unpaired) electrons. The number of nitrogens with two attached hydrogens (primary N) is 5. The average molecular weight is 1590 g/mol. The summed E-state index contributed by atoms with van der Waals surface area (Å²) in [6, 6.07) is 8.11. The highest BCUT2D eigenvalue weighted by molar-refractivity contribution is 7.99. The number of aliphatic carboxylic acids is 1. The van der Waals surface area contributed by atoms with Crippen LogP contribution in [0.2, 0.25) is 0 Å². The van der Waals surface area contributed by atoms with Crippen molar-refractivity contribution >= 4 is 134 Å². The largest absolute Gasteiger partial charge is 0.497 e. The van der Waals surface area contributed by atoms with Crippen LogP contribution in [-0.2, 0) is 101 Å². The molecule has 610 valence electrons. The molecule has 1 saturated heterocycles. The molecular weight excluding hydrogens is 1490 g/mol. The van der Waals surface area contributed by atoms with Crippen LogP contribution in [0.4, 0.5) is 0 Å². The van der Waals surface area contributed by atoms with Crippen LogP contribution in [0.1, 0.15) is 102 Å². The van der Waals surface area contributed by atoms with E-state index in [4.69, 9.17) is 33.4 Å². The molecule has 113 heavy (non-hydrogen) atoms. The molecule has 1 aliphatic rings. The third-order valence-corrected chi connectivity index (χ3v) is 19.3. The Morgan fingerprint density at radius 3 is 1.83 bits per heavy atom. The van der Waals surface area contributed by atoms with E-state index in [1.165, 1.54) is 14.0 Å². The maximum absolute atomic E-state index is 15.6. The van der Waals surface area contributed by atoms with E-state index in [-0.39, 0.29) is 50.8 Å². The Kier molecular flexibility index (Phi) is 34.4. The molecule has 25 N–H and O–H groups in total. The van der Waals surface area contributed by atoms with Crippen molar-refractivity contribution in [1.82, 2.24) is 68.8 Å². The van der Waals surface area contributed by atoms with E-state index >= 15 is 19.2 Å². The quantitative estimate of drug-likeness (QED) is 0.0179. The van der Waals surface area contributed by atoms with Crippen molar-refractivity contribution < 1.29 is 96.5 Å². The fourth-order valence-electron chi connectivity index (χ4n) is 12.1. The van der Waals surface area contributed by atoms with Crippen LogP contribution in [0, 0.1) is 0 Å². The van der Waals surface area contributed by atoms with Crippen molar-refractivity contribution in [3.63, 3.8) is 0 Å². The molecule has 0 saturated carbocycles. The van der Waals surface area contributed by atoms with E-state index in [0.717, 1.165) is 31.0 Å². The minimum atomic E-state index is -2.11. The van der Waals surface area contributed by atoms with Gasteiger partial charge in [-0.2, -0.15) is 11.8 Å². The summed E-state index contributed by atoms with van der Waals surface area (Å²) >= 11 is 0.917. The molecular formula is C74H98N18O20S. The van der Waals surface area contributed by atoms with Crippen molar-refractivity contribution in [2.24, 2.45) is 28.7 Å². The predicted molar refractivity (Wildman–Crippen MR) is 410 cm³/mol. The van der Waals surface area contributed by atoms with Gasteiger partial charge in [0.2, 0.25) is 94.5 Å². The number of nitrogens with one attached hydrogen (secondary N) is 13. The topological polar surface area (TPSA) is 630 Å². The Bertz CT molecular complexity index is 4310. The van der Waals surface area contributed by atoms with Gasteiger partial charge in [-0.05, 0) is 110 Å². The molecule has 0 spiro atoms. The third kappa shape index (κ3) is 28.5. The van der Waals surface area contributed by atoms with Crippen LogP contribution in [0.15, 0.2) is 97.2 Å². The number of primary amides is 4. The van der Waals surface area contributed by atoms with Crippen LogP contribution >= 0.6 is 11.8 Å². The smallest absolute Gasteiger partial charge is 0.303 e. The number of thioether (sulfide) groups is 1. The number of rotatable bonds is 36. The number of aromatic amines is 1. The fraction of sp³-hybridized carbons (Fsp3) is 0.446. The van der Waals surface area contributed by atoms with E-state index in [0.29, 0.717) is 38.7 Å². The number of hydrogen-bond donors (Lipinski definition) is 20. The number of fused-ring (bicyclic) bond motifs is 2. The number of carbonyl (C=O) groups excluding carboxylic acids is 16. The minimum Gasteiger partial charge on any atom is -0.497 e. The van der Waals surface area contributed by atoms with E-state index in [9.17, 15) is 72.5 Å². The van der Waals surface area contributed by atoms with Gasteiger partial charge in [-0.1, -0.05) is 72.8 Å². The van der Waals surface area contributed by atoms with Crippen LogP contribution in [0.5, 0.6) is 5.75 Å². The maximum Gasteiger partial charge on any atom is 0.303 e. The summed E-state index contributed by atoms with van der Waals surface area (Å²) in [6.07, 6.45) is -6.08. The van der Waals surface area contributed by atoms with Gasteiger partial charge in [0.1, 0.15) is 71.7 Å². The number of ether oxygens (including phenoxy) is 1. The summed E-state index contributed by atoms with van der Waals surface area (Å²) in [5.74, 6) is -18.4. The first-order chi connectivity index (χ1) is 53.6. The van der Waals surface area contributed by atoms with Gasteiger partial charge in [-0.3, -0.25) is 81.5 Å². The number of aliphatic hydroxyl groups excluding tert-OH is 1. The van der Waals surface area contributed by atoms with Crippen molar-refractivity contribution in [2.45, 2.75) is 176 Å². The number of methoxy groups -OCH3 is 1. The highest BCUT2D eigenvalue weighted by Gasteiger charge is 2.42. The lowest BCUT2D eigenvalue weighted by Gasteiger charge is -2.34. The number of hydrogen-bond acceptors (Lipinski definition) is 21. The third-order valence-electron chi connectivity index (χ3n) is 18.2. The summed E-state index contributed by atoms with van der Waals surface area (Å²) in [5.41, 5.74) is 27.4. The number of benzene rings is 4. The number of para-hydroxylation sites is 1. The number of carboxylic acids is 1. The van der Waals surface area contributed by atoms with Crippen LogP contribution < -0.4 is 97.2 Å². The van der Waals surface area contributed by atoms with Crippen LogP contribution in [-0.4, -0.2) is 219 Å². The van der Waals surface area contributed by atoms with E-state index < -0.39 is 230 Å². The van der Waals surface area contributed by atoms with Gasteiger partial charge in [0.25, 0.3) is 0 Å². The summed E-state index contributed by atoms with van der Waals surface area (Å²) in [4.78, 5) is 238. The Hall–Kier alpha value is -12.3. The van der Waals surface area contributed by atoms with E-state index in [1.54, 1.807) is 91.1 Å². The van der Waals surface area contributed by atoms with Gasteiger partial charge < -0.3 is 112 Å². The van der Waals surface area contributed by atoms with Gasteiger partial charge in [-0.25, -0.2) is 0 Å².